The highest BCUT2D eigenvalue weighted by molar-refractivity contribution is 9.10. The molecule has 0 fully saturated rings. The molecule has 0 aliphatic rings. The summed E-state index contributed by atoms with van der Waals surface area (Å²) in [4.78, 5) is 24.5. The number of amides is 2. The standard InChI is InChI=1S/C20H16BrN3O4S/c1-27-16-8-7-14(22-19(26)17-6-3-9-28-17)11-15(16)23-20(29)24-18(25)12-4-2-5-13(21)10-12/h2-11H,1H3,(H,22,26)(H2,23,24,25,29). The average molecular weight is 474 g/mol. The first-order chi connectivity index (χ1) is 14.0. The summed E-state index contributed by atoms with van der Waals surface area (Å²) in [5.41, 5.74) is 1.43. The molecule has 7 nitrogen and oxygen atoms in total. The number of ether oxygens (including phenoxy) is 1. The highest BCUT2D eigenvalue weighted by atomic mass is 79.9. The highest BCUT2D eigenvalue weighted by Gasteiger charge is 2.13. The fraction of sp³-hybridized carbons (Fsp3) is 0.0500. The number of furan rings is 1. The molecule has 0 saturated heterocycles. The van der Waals surface area contributed by atoms with E-state index in [2.05, 4.69) is 31.9 Å². The maximum absolute atomic E-state index is 12.3. The summed E-state index contributed by atoms with van der Waals surface area (Å²) in [6.45, 7) is 0. The van der Waals surface area contributed by atoms with E-state index in [1.807, 2.05) is 6.07 Å². The summed E-state index contributed by atoms with van der Waals surface area (Å²) in [7, 11) is 1.50. The summed E-state index contributed by atoms with van der Waals surface area (Å²) in [6.07, 6.45) is 1.42. The van der Waals surface area contributed by atoms with E-state index < -0.39 is 5.91 Å². The Morgan fingerprint density at radius 3 is 2.55 bits per heavy atom. The van der Waals surface area contributed by atoms with Crippen LogP contribution < -0.4 is 20.7 Å². The van der Waals surface area contributed by atoms with Gasteiger partial charge in [0.15, 0.2) is 10.9 Å². The molecule has 29 heavy (non-hydrogen) atoms. The smallest absolute Gasteiger partial charge is 0.291 e. The van der Waals surface area contributed by atoms with Gasteiger partial charge >= 0.3 is 0 Å². The first-order valence-corrected chi connectivity index (χ1v) is 9.57. The van der Waals surface area contributed by atoms with Crippen LogP contribution in [0.15, 0.2) is 69.8 Å². The topological polar surface area (TPSA) is 92.6 Å². The highest BCUT2D eigenvalue weighted by Crippen LogP contribution is 2.28. The lowest BCUT2D eigenvalue weighted by molar-refractivity contribution is 0.0975. The molecule has 2 amide bonds. The number of halogens is 1. The first kappa shape index (κ1) is 20.6. The SMILES string of the molecule is COc1ccc(NC(=O)c2ccco2)cc1NC(=S)NC(=O)c1cccc(Br)c1. The van der Waals surface area contributed by atoms with E-state index in [-0.39, 0.29) is 16.8 Å². The number of carbonyl (C=O) groups excluding carboxylic acids is 2. The second kappa shape index (κ2) is 9.35. The lowest BCUT2D eigenvalue weighted by Gasteiger charge is -2.14. The number of benzene rings is 2. The van der Waals surface area contributed by atoms with Crippen molar-refractivity contribution in [1.29, 1.82) is 0 Å². The van der Waals surface area contributed by atoms with E-state index in [0.29, 0.717) is 22.7 Å². The molecule has 148 valence electrons. The van der Waals surface area contributed by atoms with E-state index in [0.717, 1.165) is 4.47 Å². The zero-order valence-corrected chi connectivity index (χ0v) is 17.6. The molecule has 0 aliphatic carbocycles. The molecular formula is C20H16BrN3O4S. The summed E-state index contributed by atoms with van der Waals surface area (Å²) in [5.74, 6) is -0.0751. The van der Waals surface area contributed by atoms with Gasteiger partial charge < -0.3 is 19.8 Å². The van der Waals surface area contributed by atoms with Crippen LogP contribution in [0.3, 0.4) is 0 Å². The van der Waals surface area contributed by atoms with Crippen molar-refractivity contribution in [3.05, 3.63) is 76.7 Å². The molecule has 0 spiro atoms. The molecule has 0 bridgehead atoms. The Morgan fingerprint density at radius 2 is 1.86 bits per heavy atom. The predicted molar refractivity (Wildman–Crippen MR) is 117 cm³/mol. The van der Waals surface area contributed by atoms with Gasteiger partial charge in [0.1, 0.15) is 5.75 Å². The molecular weight excluding hydrogens is 458 g/mol. The summed E-state index contributed by atoms with van der Waals surface area (Å²) < 4.78 is 11.2. The Kier molecular flexibility index (Phi) is 6.63. The minimum Gasteiger partial charge on any atom is -0.495 e. The van der Waals surface area contributed by atoms with Crippen molar-refractivity contribution in [2.24, 2.45) is 0 Å². The number of hydrogen-bond donors (Lipinski definition) is 3. The Bertz CT molecular complexity index is 1050. The summed E-state index contributed by atoms with van der Waals surface area (Å²) in [6, 6.07) is 15.1. The summed E-state index contributed by atoms with van der Waals surface area (Å²) in [5, 5.41) is 8.33. The van der Waals surface area contributed by atoms with Crippen molar-refractivity contribution in [3.63, 3.8) is 0 Å². The Hall–Kier alpha value is -3.17. The molecule has 2 aromatic carbocycles. The zero-order valence-electron chi connectivity index (χ0n) is 15.2. The van der Waals surface area contributed by atoms with E-state index >= 15 is 0 Å². The van der Waals surface area contributed by atoms with E-state index in [1.54, 1.807) is 48.5 Å². The molecule has 3 rings (SSSR count). The monoisotopic (exact) mass is 473 g/mol. The maximum atomic E-state index is 12.3. The quantitative estimate of drug-likeness (QED) is 0.474. The minimum atomic E-state index is -0.392. The average Bonchev–Trinajstić information content (AvgIpc) is 3.23. The second-order valence-corrected chi connectivity index (χ2v) is 7.09. The van der Waals surface area contributed by atoms with Crippen molar-refractivity contribution in [2.45, 2.75) is 0 Å². The third-order valence-corrected chi connectivity index (χ3v) is 4.46. The Morgan fingerprint density at radius 1 is 1.03 bits per heavy atom. The number of nitrogens with one attached hydrogen (secondary N) is 3. The van der Waals surface area contributed by atoms with Gasteiger partial charge in [-0.15, -0.1) is 0 Å². The minimum absolute atomic E-state index is 0.0859. The Balaban J connectivity index is 1.70. The van der Waals surface area contributed by atoms with Gasteiger partial charge in [0.25, 0.3) is 11.8 Å². The van der Waals surface area contributed by atoms with Crippen LogP contribution in [-0.2, 0) is 0 Å². The molecule has 9 heteroatoms. The van der Waals surface area contributed by atoms with E-state index in [4.69, 9.17) is 21.4 Å². The van der Waals surface area contributed by atoms with Crippen LogP contribution in [0.25, 0.3) is 0 Å². The van der Waals surface area contributed by atoms with Gasteiger partial charge in [-0.2, -0.15) is 0 Å². The van der Waals surface area contributed by atoms with Gasteiger partial charge in [-0.3, -0.25) is 14.9 Å². The van der Waals surface area contributed by atoms with Crippen LogP contribution in [0, 0.1) is 0 Å². The third-order valence-electron chi connectivity index (χ3n) is 3.76. The lowest BCUT2D eigenvalue weighted by Crippen LogP contribution is -2.34. The van der Waals surface area contributed by atoms with Crippen molar-refractivity contribution in [1.82, 2.24) is 5.32 Å². The van der Waals surface area contributed by atoms with Crippen molar-refractivity contribution < 1.29 is 18.7 Å². The van der Waals surface area contributed by atoms with Crippen LogP contribution >= 0.6 is 28.1 Å². The molecule has 1 heterocycles. The number of hydrogen-bond acceptors (Lipinski definition) is 5. The van der Waals surface area contributed by atoms with Crippen molar-refractivity contribution in [3.8, 4) is 5.75 Å². The normalized spacial score (nSPS) is 10.1. The van der Waals surface area contributed by atoms with Gasteiger partial charge in [0.2, 0.25) is 0 Å². The van der Waals surface area contributed by atoms with Crippen LogP contribution in [0.4, 0.5) is 11.4 Å². The van der Waals surface area contributed by atoms with Gasteiger partial charge in [-0.05, 0) is 60.7 Å². The predicted octanol–water partition coefficient (Wildman–Crippen LogP) is 4.43. The van der Waals surface area contributed by atoms with Gasteiger partial charge in [0, 0.05) is 15.7 Å². The molecule has 1 aromatic heterocycles. The van der Waals surface area contributed by atoms with Gasteiger partial charge in [-0.25, -0.2) is 0 Å². The number of thiocarbonyl (C=S) groups is 1. The van der Waals surface area contributed by atoms with E-state index in [1.165, 1.54) is 13.4 Å². The first-order valence-electron chi connectivity index (χ1n) is 8.37. The van der Waals surface area contributed by atoms with Crippen LogP contribution in [0.5, 0.6) is 5.75 Å². The van der Waals surface area contributed by atoms with Gasteiger partial charge in [-0.1, -0.05) is 22.0 Å². The lowest BCUT2D eigenvalue weighted by atomic mass is 10.2. The molecule has 0 atom stereocenters. The van der Waals surface area contributed by atoms with Crippen molar-refractivity contribution >= 4 is 56.4 Å². The molecule has 0 saturated carbocycles. The molecule has 3 N–H and O–H groups in total. The largest absolute Gasteiger partial charge is 0.495 e. The fourth-order valence-electron chi connectivity index (χ4n) is 2.44. The number of rotatable bonds is 5. The zero-order chi connectivity index (χ0) is 20.8. The third kappa shape index (κ3) is 5.43. The number of anilines is 2. The van der Waals surface area contributed by atoms with Crippen LogP contribution in [0.2, 0.25) is 0 Å². The van der Waals surface area contributed by atoms with Gasteiger partial charge in [0.05, 0.1) is 19.1 Å². The van der Waals surface area contributed by atoms with Crippen molar-refractivity contribution in [2.75, 3.05) is 17.7 Å². The molecule has 0 radical (unpaired) electrons. The maximum Gasteiger partial charge on any atom is 0.291 e. The summed E-state index contributed by atoms with van der Waals surface area (Å²) >= 11 is 8.56. The second-order valence-electron chi connectivity index (χ2n) is 5.77. The van der Waals surface area contributed by atoms with E-state index in [9.17, 15) is 9.59 Å². The van der Waals surface area contributed by atoms with Crippen LogP contribution in [0.1, 0.15) is 20.9 Å². The fourth-order valence-corrected chi connectivity index (χ4v) is 3.04. The number of methoxy groups -OCH3 is 1. The van der Waals surface area contributed by atoms with Crippen LogP contribution in [-0.4, -0.2) is 24.0 Å². The Labute approximate surface area is 180 Å². The number of carbonyl (C=O) groups is 2. The molecule has 0 aliphatic heterocycles. The molecule has 3 aromatic rings. The molecule has 0 unspecified atom stereocenters.